The Morgan fingerprint density at radius 1 is 0.257 bits per heavy atom. The average Bonchev–Trinajstić information content (AvgIpc) is 3.01. The number of hydrogen-bond donors (Lipinski definition) is 0. The van der Waals surface area contributed by atoms with E-state index in [1.807, 2.05) is 0 Å². The van der Waals surface area contributed by atoms with Gasteiger partial charge in [-0.1, -0.05) is 287 Å². The highest BCUT2D eigenvalue weighted by molar-refractivity contribution is 4.81. The summed E-state index contributed by atoms with van der Waals surface area (Å²) in [5.74, 6) is 5.52. The van der Waals surface area contributed by atoms with Crippen LogP contribution in [-0.4, -0.2) is 0 Å². The summed E-state index contributed by atoms with van der Waals surface area (Å²) in [6, 6.07) is 0. The lowest BCUT2D eigenvalue weighted by molar-refractivity contribution is 0.141. The van der Waals surface area contributed by atoms with E-state index < -0.39 is 0 Å². The van der Waals surface area contributed by atoms with Crippen molar-refractivity contribution < 1.29 is 0 Å². The van der Waals surface area contributed by atoms with Crippen LogP contribution in [0.3, 0.4) is 0 Å². The molecule has 2 rings (SSSR count). The maximum Gasteiger partial charge on any atom is -0.0354 e. The van der Waals surface area contributed by atoms with Crippen LogP contribution in [0.15, 0.2) is 0 Å². The zero-order valence-electron chi connectivity index (χ0n) is 56.6. The van der Waals surface area contributed by atoms with Crippen molar-refractivity contribution in [3.05, 3.63) is 0 Å². The fourth-order valence-electron chi connectivity index (χ4n) is 11.2. The molecule has 2 saturated carbocycles. The summed E-state index contributed by atoms with van der Waals surface area (Å²) in [6.07, 6.45) is 28.1. The second-order valence-corrected chi connectivity index (χ2v) is 36.6. The van der Waals surface area contributed by atoms with E-state index in [1.54, 1.807) is 0 Å². The topological polar surface area (TPSA) is 0 Å². The molecule has 0 bridgehead atoms. The van der Waals surface area contributed by atoms with Gasteiger partial charge in [-0.2, -0.15) is 0 Å². The van der Waals surface area contributed by atoms with Crippen LogP contribution >= 0.6 is 0 Å². The normalized spacial score (nSPS) is 17.4. The van der Waals surface area contributed by atoms with Gasteiger partial charge in [0.15, 0.2) is 0 Å². The predicted molar refractivity (Wildman–Crippen MR) is 331 cm³/mol. The maximum absolute atomic E-state index is 2.40. The molecule has 0 spiro atoms. The average molecular weight is 990 g/mol. The van der Waals surface area contributed by atoms with Crippen LogP contribution in [0.1, 0.15) is 364 Å². The molecule has 0 N–H and O–H groups in total. The lowest BCUT2D eigenvalue weighted by Crippen LogP contribution is -2.26. The van der Waals surface area contributed by atoms with E-state index in [1.165, 1.54) is 128 Å². The van der Waals surface area contributed by atoms with Gasteiger partial charge >= 0.3 is 0 Å². The summed E-state index contributed by atoms with van der Waals surface area (Å²) in [4.78, 5) is 0. The van der Waals surface area contributed by atoms with E-state index >= 15 is 0 Å². The van der Waals surface area contributed by atoms with E-state index in [-0.39, 0.29) is 0 Å². The SMILES string of the molecule is CC(C)(C)C1CCC1.CC(C)(C)C1CCCCC1.CC(CC(C)(C)C)CC(C)(C)C.CC(CCC(C)(C)C)CC(C)(C)C.CC(CCC(C)(C)C)CC(C)(C)C.CC(CCCC(C)(C)C)CC(C)(C)C. The Bertz CT molecular complexity index is 1140. The van der Waals surface area contributed by atoms with Crippen molar-refractivity contribution in [1.82, 2.24) is 0 Å². The largest absolute Gasteiger partial charge is 0.0625 e. The van der Waals surface area contributed by atoms with Crippen LogP contribution in [0, 0.1) is 89.7 Å². The first-order chi connectivity index (χ1) is 30.6. The van der Waals surface area contributed by atoms with Gasteiger partial charge in [-0.15, -0.1) is 0 Å². The molecule has 2 fully saturated rings. The minimum atomic E-state index is 0.491. The van der Waals surface area contributed by atoms with Gasteiger partial charge in [0.25, 0.3) is 0 Å². The van der Waals surface area contributed by atoms with Crippen LogP contribution in [-0.2, 0) is 0 Å². The highest BCUT2D eigenvalue weighted by Gasteiger charge is 2.29. The Hall–Kier alpha value is 0. The Labute approximate surface area is 451 Å². The summed E-state index contributed by atoms with van der Waals surface area (Å²) < 4.78 is 0. The third-order valence-electron chi connectivity index (χ3n) is 14.4. The highest BCUT2D eigenvalue weighted by Crippen LogP contribution is 2.41. The van der Waals surface area contributed by atoms with Crippen LogP contribution in [0.2, 0.25) is 0 Å². The molecular formula is C70H148. The van der Waals surface area contributed by atoms with Crippen LogP contribution < -0.4 is 0 Å². The quantitative estimate of drug-likeness (QED) is 0.183. The molecule has 0 saturated heterocycles. The summed E-state index contributed by atoms with van der Waals surface area (Å²) in [5.41, 5.74) is 5.17. The molecule has 0 heteroatoms. The predicted octanol–water partition coefficient (Wildman–Crippen LogP) is 26.0. The van der Waals surface area contributed by atoms with E-state index in [4.69, 9.17) is 0 Å². The van der Waals surface area contributed by atoms with Crippen molar-refractivity contribution >= 4 is 0 Å². The maximum atomic E-state index is 2.40. The Kier molecular flexibility index (Phi) is 36.3. The Morgan fingerprint density at radius 2 is 0.486 bits per heavy atom. The van der Waals surface area contributed by atoms with Gasteiger partial charge in [0, 0.05) is 0 Å². The van der Waals surface area contributed by atoms with E-state index in [9.17, 15) is 0 Å². The van der Waals surface area contributed by atoms with Crippen molar-refractivity contribution in [3.8, 4) is 0 Å². The molecule has 0 nitrogen and oxygen atoms in total. The van der Waals surface area contributed by atoms with Crippen molar-refractivity contribution in [3.63, 3.8) is 0 Å². The molecule has 0 aromatic carbocycles. The number of rotatable bonds is 12. The molecule has 3 unspecified atom stereocenters. The molecule has 2 aliphatic carbocycles. The molecule has 0 radical (unpaired) electrons. The summed E-state index contributed by atoms with van der Waals surface area (Å²) in [7, 11) is 0. The monoisotopic (exact) mass is 989 g/mol. The van der Waals surface area contributed by atoms with E-state index in [0.29, 0.717) is 54.1 Å². The summed E-state index contributed by atoms with van der Waals surface area (Å²) >= 11 is 0. The van der Waals surface area contributed by atoms with Crippen molar-refractivity contribution in [1.29, 1.82) is 0 Å². The molecule has 70 heavy (non-hydrogen) atoms. The van der Waals surface area contributed by atoms with Crippen molar-refractivity contribution in [2.45, 2.75) is 364 Å². The van der Waals surface area contributed by atoms with Gasteiger partial charge in [0.1, 0.15) is 0 Å². The fourth-order valence-corrected chi connectivity index (χ4v) is 11.2. The van der Waals surface area contributed by atoms with Gasteiger partial charge < -0.3 is 0 Å². The molecule has 0 amide bonds. The van der Waals surface area contributed by atoms with Gasteiger partial charge in [-0.05, 0) is 167 Å². The highest BCUT2D eigenvalue weighted by atomic mass is 14.3. The first kappa shape index (κ1) is 76.5. The standard InChI is InChI=1S/C14H30.2C13H28.C12H26.C10H20.C8H16/c1-12(11-14(5,6)7)9-8-10-13(2,3)4;2*1-11(10-13(5,6)7)8-9-12(2,3)4;1-10(8-11(2,3)4)9-12(5,6)7;1-10(2,3)9-7-5-4-6-8-9;1-8(2,3)7-5-4-6-7/h12H,8-11H2,1-7H3;2*11H,8-10H2,1-7H3;10H,8-9H2,1-7H3;9H,4-8H2,1-3H3;7H,4-6H2,1-3H3. The minimum Gasteiger partial charge on any atom is -0.0625 e. The van der Waals surface area contributed by atoms with Gasteiger partial charge in [-0.25, -0.2) is 0 Å². The molecule has 428 valence electrons. The van der Waals surface area contributed by atoms with Gasteiger partial charge in [0.2, 0.25) is 0 Å². The van der Waals surface area contributed by atoms with Crippen molar-refractivity contribution in [2.75, 3.05) is 0 Å². The smallest absolute Gasteiger partial charge is 0.0354 e. The second-order valence-electron chi connectivity index (χ2n) is 36.6. The first-order valence-corrected chi connectivity index (χ1v) is 30.6. The molecule has 0 aromatic rings. The zero-order valence-corrected chi connectivity index (χ0v) is 56.6. The van der Waals surface area contributed by atoms with Crippen molar-refractivity contribution in [2.24, 2.45) is 89.7 Å². The minimum absolute atomic E-state index is 0.491. The van der Waals surface area contributed by atoms with Crippen LogP contribution in [0.4, 0.5) is 0 Å². The summed E-state index contributed by atoms with van der Waals surface area (Å²) in [6.45, 7) is 79.7. The molecule has 0 aliphatic heterocycles. The molecule has 0 aromatic heterocycles. The Morgan fingerprint density at radius 3 is 0.671 bits per heavy atom. The molecule has 0 heterocycles. The Balaban J connectivity index is -0.000000376. The lowest BCUT2D eigenvalue weighted by atomic mass is 9.69. The second kappa shape index (κ2) is 33.2. The molecular weight excluding hydrogens is 841 g/mol. The van der Waals surface area contributed by atoms with Crippen LogP contribution in [0.5, 0.6) is 0 Å². The zero-order chi connectivity index (χ0) is 56.6. The summed E-state index contributed by atoms with van der Waals surface area (Å²) in [5, 5.41) is 0. The lowest BCUT2D eigenvalue weighted by Gasteiger charge is -2.37. The number of hydrogen-bond acceptors (Lipinski definition) is 0. The molecule has 3 atom stereocenters. The van der Waals surface area contributed by atoms with Crippen LogP contribution in [0.25, 0.3) is 0 Å². The fraction of sp³-hybridized carbons (Fsp3) is 1.00. The van der Waals surface area contributed by atoms with Gasteiger partial charge in [0.05, 0.1) is 0 Å². The van der Waals surface area contributed by atoms with E-state index in [2.05, 4.69) is 235 Å². The third-order valence-corrected chi connectivity index (χ3v) is 14.4. The molecule has 2 aliphatic rings. The van der Waals surface area contributed by atoms with E-state index in [0.717, 1.165) is 35.5 Å². The third kappa shape index (κ3) is 62.3. The first-order valence-electron chi connectivity index (χ1n) is 30.6. The van der Waals surface area contributed by atoms with Gasteiger partial charge in [-0.3, -0.25) is 0 Å².